The Kier molecular flexibility index (Phi) is 5.17. The molecular formula is C13H18BrFN2O2S. The Hall–Kier alpha value is -0.500. The molecule has 1 aromatic carbocycles. The fourth-order valence-corrected chi connectivity index (χ4v) is 3.60. The molecule has 20 heavy (non-hydrogen) atoms. The summed E-state index contributed by atoms with van der Waals surface area (Å²) in [6.07, 6.45) is 2.85. The molecule has 0 amide bonds. The lowest BCUT2D eigenvalue weighted by molar-refractivity contribution is 0.290. The monoisotopic (exact) mass is 364 g/mol. The number of piperidine rings is 1. The van der Waals surface area contributed by atoms with Crippen molar-refractivity contribution in [1.29, 1.82) is 0 Å². The molecule has 7 heteroatoms. The normalized spacial score (nSPS) is 18.4. The van der Waals surface area contributed by atoms with Gasteiger partial charge >= 0.3 is 0 Å². The lowest BCUT2D eigenvalue weighted by Gasteiger charge is -2.30. The molecule has 0 saturated carbocycles. The van der Waals surface area contributed by atoms with Gasteiger partial charge in [0.05, 0.1) is 10.7 Å². The number of halogens is 2. The van der Waals surface area contributed by atoms with Crippen LogP contribution in [0.2, 0.25) is 0 Å². The van der Waals surface area contributed by atoms with Crippen LogP contribution in [0.4, 0.5) is 4.39 Å². The maximum Gasteiger partial charge on any atom is 0.211 e. The van der Waals surface area contributed by atoms with E-state index in [9.17, 15) is 12.8 Å². The first-order valence-corrected chi connectivity index (χ1v) is 9.13. The summed E-state index contributed by atoms with van der Waals surface area (Å²) >= 11 is 3.17. The highest BCUT2D eigenvalue weighted by molar-refractivity contribution is 9.10. The molecule has 1 aromatic rings. The molecule has 0 atom stereocenters. The largest absolute Gasteiger partial charge is 0.310 e. The van der Waals surface area contributed by atoms with E-state index in [1.807, 2.05) is 0 Å². The first kappa shape index (κ1) is 15.9. The highest BCUT2D eigenvalue weighted by Gasteiger charge is 2.24. The van der Waals surface area contributed by atoms with Crippen molar-refractivity contribution in [2.75, 3.05) is 19.3 Å². The minimum Gasteiger partial charge on any atom is -0.310 e. The van der Waals surface area contributed by atoms with E-state index in [0.29, 0.717) is 30.1 Å². The quantitative estimate of drug-likeness (QED) is 0.889. The molecule has 1 N–H and O–H groups in total. The summed E-state index contributed by atoms with van der Waals surface area (Å²) in [6.45, 7) is 1.77. The summed E-state index contributed by atoms with van der Waals surface area (Å²) in [5.41, 5.74) is 1.00. The minimum atomic E-state index is -3.07. The second-order valence-corrected chi connectivity index (χ2v) is 7.90. The summed E-state index contributed by atoms with van der Waals surface area (Å²) in [6, 6.07) is 5.25. The van der Waals surface area contributed by atoms with Crippen LogP contribution in [0.5, 0.6) is 0 Å². The van der Waals surface area contributed by atoms with Crippen LogP contribution >= 0.6 is 15.9 Å². The number of hydrogen-bond donors (Lipinski definition) is 1. The highest BCUT2D eigenvalue weighted by atomic mass is 79.9. The molecule has 0 unspecified atom stereocenters. The molecule has 0 aliphatic carbocycles. The fraction of sp³-hybridized carbons (Fsp3) is 0.538. The lowest BCUT2D eigenvalue weighted by atomic mass is 10.1. The predicted octanol–water partition coefficient (Wildman–Crippen LogP) is 2.10. The number of benzene rings is 1. The Morgan fingerprint density at radius 1 is 1.40 bits per heavy atom. The Bertz CT molecular complexity index is 572. The second kappa shape index (κ2) is 6.51. The Balaban J connectivity index is 1.83. The highest BCUT2D eigenvalue weighted by Crippen LogP contribution is 2.18. The predicted molar refractivity (Wildman–Crippen MR) is 80.4 cm³/mol. The molecule has 2 rings (SSSR count). The maximum atomic E-state index is 13.1. The van der Waals surface area contributed by atoms with Gasteiger partial charge in [-0.25, -0.2) is 17.1 Å². The van der Waals surface area contributed by atoms with Crippen LogP contribution in [-0.2, 0) is 16.6 Å². The topological polar surface area (TPSA) is 49.4 Å². The van der Waals surface area contributed by atoms with Crippen LogP contribution < -0.4 is 5.32 Å². The number of nitrogens with one attached hydrogen (secondary N) is 1. The summed E-state index contributed by atoms with van der Waals surface area (Å²) < 4.78 is 37.9. The molecule has 1 fully saturated rings. The molecule has 0 radical (unpaired) electrons. The van der Waals surface area contributed by atoms with Gasteiger partial charge in [-0.1, -0.05) is 6.07 Å². The molecule has 112 valence electrons. The van der Waals surface area contributed by atoms with Gasteiger partial charge in [0.1, 0.15) is 5.82 Å². The average molecular weight is 365 g/mol. The summed E-state index contributed by atoms with van der Waals surface area (Å²) in [5.74, 6) is -0.268. The zero-order valence-electron chi connectivity index (χ0n) is 11.3. The Labute approximate surface area is 127 Å². The van der Waals surface area contributed by atoms with Gasteiger partial charge in [-0.05, 0) is 46.5 Å². The van der Waals surface area contributed by atoms with E-state index in [2.05, 4.69) is 21.2 Å². The van der Waals surface area contributed by atoms with Crippen molar-refractivity contribution in [3.63, 3.8) is 0 Å². The van der Waals surface area contributed by atoms with Gasteiger partial charge in [0.25, 0.3) is 0 Å². The summed E-state index contributed by atoms with van der Waals surface area (Å²) in [7, 11) is -3.07. The van der Waals surface area contributed by atoms with Crippen LogP contribution in [0.15, 0.2) is 22.7 Å². The zero-order chi connectivity index (χ0) is 14.8. The van der Waals surface area contributed by atoms with E-state index >= 15 is 0 Å². The molecule has 0 spiro atoms. The fourth-order valence-electron chi connectivity index (χ4n) is 2.30. The van der Waals surface area contributed by atoms with E-state index in [0.717, 1.165) is 18.4 Å². The third kappa shape index (κ3) is 4.25. The number of rotatable bonds is 4. The van der Waals surface area contributed by atoms with E-state index in [1.54, 1.807) is 12.1 Å². The number of hydrogen-bond acceptors (Lipinski definition) is 3. The number of sulfonamides is 1. The van der Waals surface area contributed by atoms with Gasteiger partial charge in [0.15, 0.2) is 0 Å². The average Bonchev–Trinajstić information content (AvgIpc) is 2.40. The van der Waals surface area contributed by atoms with Gasteiger partial charge in [-0.2, -0.15) is 0 Å². The van der Waals surface area contributed by atoms with Crippen molar-refractivity contribution in [1.82, 2.24) is 9.62 Å². The molecule has 1 aliphatic heterocycles. The molecule has 0 aromatic heterocycles. The van der Waals surface area contributed by atoms with E-state index in [4.69, 9.17) is 0 Å². The van der Waals surface area contributed by atoms with Gasteiger partial charge in [0, 0.05) is 25.7 Å². The summed E-state index contributed by atoms with van der Waals surface area (Å²) in [5, 5.41) is 3.39. The van der Waals surface area contributed by atoms with Gasteiger partial charge in [-0.3, -0.25) is 0 Å². The van der Waals surface area contributed by atoms with Crippen LogP contribution in [-0.4, -0.2) is 38.1 Å². The van der Waals surface area contributed by atoms with Crippen LogP contribution in [0.25, 0.3) is 0 Å². The van der Waals surface area contributed by atoms with Crippen molar-refractivity contribution >= 4 is 26.0 Å². The van der Waals surface area contributed by atoms with Gasteiger partial charge in [0.2, 0.25) is 10.0 Å². The molecule has 1 aliphatic rings. The van der Waals surface area contributed by atoms with Crippen molar-refractivity contribution < 1.29 is 12.8 Å². The van der Waals surface area contributed by atoms with Crippen molar-refractivity contribution in [3.8, 4) is 0 Å². The van der Waals surface area contributed by atoms with Crippen molar-refractivity contribution in [2.45, 2.75) is 25.4 Å². The van der Waals surface area contributed by atoms with Crippen LogP contribution in [0.3, 0.4) is 0 Å². The van der Waals surface area contributed by atoms with Crippen molar-refractivity contribution in [3.05, 3.63) is 34.1 Å². The molecule has 1 heterocycles. The third-order valence-corrected chi connectivity index (χ3v) is 5.41. The molecular weight excluding hydrogens is 347 g/mol. The first-order valence-electron chi connectivity index (χ1n) is 6.48. The smallest absolute Gasteiger partial charge is 0.211 e. The van der Waals surface area contributed by atoms with E-state index in [1.165, 1.54) is 16.6 Å². The first-order chi connectivity index (χ1) is 9.36. The lowest BCUT2D eigenvalue weighted by Crippen LogP contribution is -2.44. The van der Waals surface area contributed by atoms with Gasteiger partial charge < -0.3 is 5.32 Å². The van der Waals surface area contributed by atoms with Crippen LogP contribution in [0, 0.1) is 5.82 Å². The number of nitrogens with zero attached hydrogens (tertiary/aromatic N) is 1. The molecule has 4 nitrogen and oxygen atoms in total. The SMILES string of the molecule is CS(=O)(=O)N1CCC(NCc2ccc(F)c(Br)c2)CC1. The minimum absolute atomic E-state index is 0.268. The molecule has 1 saturated heterocycles. The summed E-state index contributed by atoms with van der Waals surface area (Å²) in [4.78, 5) is 0. The van der Waals surface area contributed by atoms with Crippen LogP contribution in [0.1, 0.15) is 18.4 Å². The second-order valence-electron chi connectivity index (χ2n) is 5.07. The van der Waals surface area contributed by atoms with Gasteiger partial charge in [-0.15, -0.1) is 0 Å². The maximum absolute atomic E-state index is 13.1. The molecule has 0 bridgehead atoms. The Morgan fingerprint density at radius 2 is 2.05 bits per heavy atom. The Morgan fingerprint density at radius 3 is 2.60 bits per heavy atom. The van der Waals surface area contributed by atoms with E-state index in [-0.39, 0.29) is 5.82 Å². The van der Waals surface area contributed by atoms with E-state index < -0.39 is 10.0 Å². The zero-order valence-corrected chi connectivity index (χ0v) is 13.7. The standard InChI is InChI=1S/C13H18BrFN2O2S/c1-20(18,19)17-6-4-11(5-7-17)16-9-10-2-3-13(15)12(14)8-10/h2-3,8,11,16H,4-7,9H2,1H3. The third-order valence-electron chi connectivity index (χ3n) is 3.50. The van der Waals surface area contributed by atoms with Crippen molar-refractivity contribution in [2.24, 2.45) is 0 Å².